The number of nitrogens with one attached hydrogen (secondary N) is 1. The summed E-state index contributed by atoms with van der Waals surface area (Å²) in [5.41, 5.74) is 0.914. The van der Waals surface area contributed by atoms with Gasteiger partial charge in [0.05, 0.1) is 6.61 Å². The van der Waals surface area contributed by atoms with Crippen molar-refractivity contribution in [1.29, 1.82) is 0 Å². The van der Waals surface area contributed by atoms with Crippen molar-refractivity contribution in [1.82, 2.24) is 0 Å². The number of benzene rings is 2. The summed E-state index contributed by atoms with van der Waals surface area (Å²) in [4.78, 5) is 23.2. The molecular formula is C17H16FNO4. The van der Waals surface area contributed by atoms with E-state index in [2.05, 4.69) is 5.32 Å². The van der Waals surface area contributed by atoms with E-state index in [0.717, 1.165) is 0 Å². The highest BCUT2D eigenvalue weighted by Crippen LogP contribution is 2.14. The van der Waals surface area contributed by atoms with Gasteiger partial charge in [0.2, 0.25) is 0 Å². The van der Waals surface area contributed by atoms with Gasteiger partial charge in [-0.2, -0.15) is 0 Å². The molecule has 0 aliphatic rings. The molecule has 1 N–H and O–H groups in total. The summed E-state index contributed by atoms with van der Waals surface area (Å²) in [6.07, 6.45) is 0. The molecule has 1 amide bonds. The van der Waals surface area contributed by atoms with Gasteiger partial charge in [0.1, 0.15) is 11.6 Å². The Morgan fingerprint density at radius 2 is 1.70 bits per heavy atom. The van der Waals surface area contributed by atoms with E-state index in [4.69, 9.17) is 9.47 Å². The lowest BCUT2D eigenvalue weighted by atomic mass is 10.2. The molecule has 0 bridgehead atoms. The number of ether oxygens (including phenoxy) is 2. The van der Waals surface area contributed by atoms with E-state index >= 15 is 0 Å². The van der Waals surface area contributed by atoms with Gasteiger partial charge in [-0.05, 0) is 55.5 Å². The fourth-order valence-electron chi connectivity index (χ4n) is 1.78. The van der Waals surface area contributed by atoms with Gasteiger partial charge < -0.3 is 14.8 Å². The monoisotopic (exact) mass is 317 g/mol. The molecule has 5 nitrogen and oxygen atoms in total. The molecule has 0 aliphatic carbocycles. The third-order valence-corrected chi connectivity index (χ3v) is 2.88. The van der Waals surface area contributed by atoms with Crippen molar-refractivity contribution >= 4 is 17.6 Å². The lowest BCUT2D eigenvalue weighted by molar-refractivity contribution is -0.145. The lowest BCUT2D eigenvalue weighted by Gasteiger charge is -2.08. The Kier molecular flexibility index (Phi) is 5.68. The Hall–Kier alpha value is -2.89. The molecule has 2 aromatic carbocycles. The Labute approximate surface area is 133 Å². The van der Waals surface area contributed by atoms with Crippen molar-refractivity contribution in [2.45, 2.75) is 6.92 Å². The Morgan fingerprint density at radius 3 is 2.30 bits per heavy atom. The number of amides is 1. The molecule has 2 rings (SSSR count). The van der Waals surface area contributed by atoms with E-state index < -0.39 is 5.97 Å². The standard InChI is InChI=1S/C17H16FNO4/c1-2-22-16(20)11-23-15-9-3-12(4-10-15)17(21)19-14-7-5-13(18)6-8-14/h3-10H,2,11H2,1H3,(H,19,21). The minimum absolute atomic E-state index is 0.186. The van der Waals surface area contributed by atoms with Gasteiger partial charge in [-0.15, -0.1) is 0 Å². The minimum atomic E-state index is -0.453. The van der Waals surface area contributed by atoms with Gasteiger partial charge >= 0.3 is 5.97 Å². The van der Waals surface area contributed by atoms with Gasteiger partial charge in [0.15, 0.2) is 6.61 Å². The van der Waals surface area contributed by atoms with Crippen LogP contribution in [-0.4, -0.2) is 25.1 Å². The smallest absolute Gasteiger partial charge is 0.344 e. The first-order valence-corrected chi connectivity index (χ1v) is 7.04. The summed E-state index contributed by atoms with van der Waals surface area (Å²) in [6.45, 7) is 1.83. The molecule has 0 atom stereocenters. The maximum Gasteiger partial charge on any atom is 0.344 e. The first kappa shape index (κ1) is 16.5. The first-order chi connectivity index (χ1) is 11.1. The number of carbonyl (C=O) groups is 2. The van der Waals surface area contributed by atoms with Crippen LogP contribution in [0.1, 0.15) is 17.3 Å². The molecule has 0 fully saturated rings. The van der Waals surface area contributed by atoms with Crippen molar-refractivity contribution in [2.75, 3.05) is 18.5 Å². The highest BCUT2D eigenvalue weighted by Gasteiger charge is 2.07. The average Bonchev–Trinajstić information content (AvgIpc) is 2.56. The van der Waals surface area contributed by atoms with Gasteiger partial charge in [-0.25, -0.2) is 9.18 Å². The molecule has 2 aromatic rings. The summed E-state index contributed by atoms with van der Waals surface area (Å²) in [5.74, 6) is -0.693. The highest BCUT2D eigenvalue weighted by molar-refractivity contribution is 6.04. The number of esters is 1. The molecule has 0 heterocycles. The van der Waals surface area contributed by atoms with Gasteiger partial charge in [-0.3, -0.25) is 4.79 Å². The van der Waals surface area contributed by atoms with Crippen LogP contribution >= 0.6 is 0 Å². The third-order valence-electron chi connectivity index (χ3n) is 2.88. The summed E-state index contributed by atoms with van der Waals surface area (Å²) < 4.78 is 22.8. The number of rotatable bonds is 6. The zero-order valence-electron chi connectivity index (χ0n) is 12.5. The third kappa shape index (κ3) is 5.10. The van der Waals surface area contributed by atoms with Crippen LogP contribution in [0.2, 0.25) is 0 Å². The van der Waals surface area contributed by atoms with Crippen LogP contribution in [0.25, 0.3) is 0 Å². The largest absolute Gasteiger partial charge is 0.482 e. The van der Waals surface area contributed by atoms with E-state index in [1.54, 1.807) is 31.2 Å². The first-order valence-electron chi connectivity index (χ1n) is 7.04. The zero-order chi connectivity index (χ0) is 16.7. The zero-order valence-corrected chi connectivity index (χ0v) is 12.5. The Balaban J connectivity index is 1.92. The number of hydrogen-bond donors (Lipinski definition) is 1. The highest BCUT2D eigenvalue weighted by atomic mass is 19.1. The van der Waals surface area contributed by atoms with E-state index in [0.29, 0.717) is 23.6 Å². The topological polar surface area (TPSA) is 64.6 Å². The van der Waals surface area contributed by atoms with Crippen molar-refractivity contribution in [3.05, 3.63) is 59.9 Å². The summed E-state index contributed by atoms with van der Waals surface area (Å²) in [5, 5.41) is 2.65. The molecule has 23 heavy (non-hydrogen) atoms. The van der Waals surface area contributed by atoms with Crippen LogP contribution in [0, 0.1) is 5.82 Å². The molecule has 0 radical (unpaired) electrons. The summed E-state index contributed by atoms with van der Waals surface area (Å²) >= 11 is 0. The van der Waals surface area contributed by atoms with Gasteiger partial charge in [0, 0.05) is 11.3 Å². The maximum absolute atomic E-state index is 12.8. The summed E-state index contributed by atoms with van der Waals surface area (Å²) in [6, 6.07) is 11.8. The molecule has 0 spiro atoms. The molecule has 120 valence electrons. The molecular weight excluding hydrogens is 301 g/mol. The van der Waals surface area contributed by atoms with E-state index in [1.165, 1.54) is 24.3 Å². The Bertz CT molecular complexity index is 668. The second kappa shape index (κ2) is 7.93. The fourth-order valence-corrected chi connectivity index (χ4v) is 1.78. The van der Waals surface area contributed by atoms with Crippen LogP contribution in [-0.2, 0) is 9.53 Å². The quantitative estimate of drug-likeness (QED) is 0.832. The second-order valence-corrected chi connectivity index (χ2v) is 4.58. The average molecular weight is 317 g/mol. The molecule has 6 heteroatoms. The van der Waals surface area contributed by atoms with Crippen LogP contribution in [0.3, 0.4) is 0 Å². The van der Waals surface area contributed by atoms with Crippen molar-refractivity contribution in [3.8, 4) is 5.75 Å². The van der Waals surface area contributed by atoms with Crippen LogP contribution in [0.15, 0.2) is 48.5 Å². The predicted molar refractivity (Wildman–Crippen MR) is 82.9 cm³/mol. The number of halogens is 1. The number of hydrogen-bond acceptors (Lipinski definition) is 4. The van der Waals surface area contributed by atoms with Crippen LogP contribution < -0.4 is 10.1 Å². The SMILES string of the molecule is CCOC(=O)COc1ccc(C(=O)Nc2ccc(F)cc2)cc1. The predicted octanol–water partition coefficient (Wildman–Crippen LogP) is 3.02. The van der Waals surface area contributed by atoms with Crippen LogP contribution in [0.5, 0.6) is 5.75 Å². The van der Waals surface area contributed by atoms with Gasteiger partial charge in [0.25, 0.3) is 5.91 Å². The van der Waals surface area contributed by atoms with Crippen molar-refractivity contribution in [2.24, 2.45) is 0 Å². The maximum atomic E-state index is 12.8. The molecule has 0 aliphatic heterocycles. The number of anilines is 1. The van der Waals surface area contributed by atoms with E-state index in [-0.39, 0.29) is 18.3 Å². The van der Waals surface area contributed by atoms with E-state index in [1.807, 2.05) is 0 Å². The lowest BCUT2D eigenvalue weighted by Crippen LogP contribution is -2.15. The van der Waals surface area contributed by atoms with E-state index in [9.17, 15) is 14.0 Å². The minimum Gasteiger partial charge on any atom is -0.482 e. The number of carbonyl (C=O) groups excluding carboxylic acids is 2. The second-order valence-electron chi connectivity index (χ2n) is 4.58. The molecule has 0 saturated carbocycles. The molecule has 0 saturated heterocycles. The van der Waals surface area contributed by atoms with Crippen molar-refractivity contribution < 1.29 is 23.5 Å². The molecule has 0 unspecified atom stereocenters. The van der Waals surface area contributed by atoms with Crippen molar-refractivity contribution in [3.63, 3.8) is 0 Å². The molecule has 0 aromatic heterocycles. The fraction of sp³-hybridized carbons (Fsp3) is 0.176. The normalized spacial score (nSPS) is 10.0. The Morgan fingerprint density at radius 1 is 1.04 bits per heavy atom. The summed E-state index contributed by atoms with van der Waals surface area (Å²) in [7, 11) is 0. The van der Waals surface area contributed by atoms with Gasteiger partial charge in [-0.1, -0.05) is 0 Å². The van der Waals surface area contributed by atoms with Crippen LogP contribution in [0.4, 0.5) is 10.1 Å².